The highest BCUT2D eigenvalue weighted by Gasteiger charge is 2.29. The van der Waals surface area contributed by atoms with Crippen LogP contribution in [0, 0.1) is 0 Å². The summed E-state index contributed by atoms with van der Waals surface area (Å²) in [6, 6.07) is 6.72. The smallest absolute Gasteiger partial charge is 0.320 e. The molecule has 0 aliphatic carbocycles. The van der Waals surface area contributed by atoms with Gasteiger partial charge in [-0.1, -0.05) is 0 Å². The fraction of sp³-hybridized carbons (Fsp3) is 0.471. The van der Waals surface area contributed by atoms with E-state index < -0.39 is 0 Å². The highest BCUT2D eigenvalue weighted by Crippen LogP contribution is 2.19. The zero-order valence-electron chi connectivity index (χ0n) is 14.3. The lowest BCUT2D eigenvalue weighted by atomic mass is 10.2. The predicted molar refractivity (Wildman–Crippen MR) is 94.8 cm³/mol. The monoisotopic (exact) mass is 366 g/mol. The molecule has 1 aliphatic heterocycles. The van der Waals surface area contributed by atoms with Crippen molar-refractivity contribution in [3.8, 4) is 5.75 Å². The minimum Gasteiger partial charge on any atom is -0.494 e. The fourth-order valence-electron chi connectivity index (χ4n) is 2.39. The van der Waals surface area contributed by atoms with Crippen LogP contribution in [0.2, 0.25) is 0 Å². The number of nitrogens with one attached hydrogen (secondary N) is 1. The Morgan fingerprint density at radius 1 is 1.28 bits per heavy atom. The molecule has 0 aromatic heterocycles. The third kappa shape index (κ3) is 5.38. The number of thioether (sulfide) groups is 1. The van der Waals surface area contributed by atoms with Crippen molar-refractivity contribution < 1.29 is 23.9 Å². The fourth-order valence-corrected chi connectivity index (χ4v) is 3.52. The SMILES string of the molecule is CCOc1ccc(C(=O)NCC(=O)N2CCS[C@H](C(=O)OC)C2)cc1. The molecule has 1 aromatic carbocycles. The van der Waals surface area contributed by atoms with Gasteiger partial charge in [0.25, 0.3) is 5.91 Å². The molecule has 25 heavy (non-hydrogen) atoms. The lowest BCUT2D eigenvalue weighted by molar-refractivity contribution is -0.141. The van der Waals surface area contributed by atoms with Crippen LogP contribution in [-0.2, 0) is 14.3 Å². The molecule has 1 N–H and O–H groups in total. The minimum atomic E-state index is -0.371. The molecule has 1 heterocycles. The van der Waals surface area contributed by atoms with Crippen molar-refractivity contribution in [3.05, 3.63) is 29.8 Å². The molecule has 2 rings (SSSR count). The van der Waals surface area contributed by atoms with Crippen LogP contribution in [0.5, 0.6) is 5.75 Å². The first-order valence-corrected chi connectivity index (χ1v) is 9.08. The van der Waals surface area contributed by atoms with Crippen molar-refractivity contribution in [2.24, 2.45) is 0 Å². The second-order valence-electron chi connectivity index (χ2n) is 5.36. The van der Waals surface area contributed by atoms with E-state index in [1.165, 1.54) is 18.9 Å². The van der Waals surface area contributed by atoms with Gasteiger partial charge in [0, 0.05) is 24.4 Å². The molecule has 1 saturated heterocycles. The van der Waals surface area contributed by atoms with E-state index in [-0.39, 0.29) is 29.6 Å². The van der Waals surface area contributed by atoms with E-state index in [4.69, 9.17) is 9.47 Å². The molecule has 0 unspecified atom stereocenters. The van der Waals surface area contributed by atoms with Crippen molar-refractivity contribution in [2.75, 3.05) is 39.1 Å². The molecule has 0 saturated carbocycles. The van der Waals surface area contributed by atoms with Gasteiger partial charge < -0.3 is 19.7 Å². The maximum Gasteiger partial charge on any atom is 0.320 e. The molecule has 2 amide bonds. The first kappa shape index (κ1) is 19.1. The molecule has 1 aromatic rings. The largest absolute Gasteiger partial charge is 0.494 e. The zero-order valence-corrected chi connectivity index (χ0v) is 15.1. The van der Waals surface area contributed by atoms with Crippen LogP contribution in [0.1, 0.15) is 17.3 Å². The van der Waals surface area contributed by atoms with Crippen LogP contribution < -0.4 is 10.1 Å². The summed E-state index contributed by atoms with van der Waals surface area (Å²) in [4.78, 5) is 37.6. The van der Waals surface area contributed by atoms with E-state index in [0.29, 0.717) is 36.8 Å². The third-order valence-corrected chi connectivity index (χ3v) is 4.87. The molecule has 0 spiro atoms. The molecule has 1 aliphatic rings. The van der Waals surface area contributed by atoms with Gasteiger partial charge in [-0.15, -0.1) is 11.8 Å². The van der Waals surface area contributed by atoms with Crippen LogP contribution >= 0.6 is 11.8 Å². The number of methoxy groups -OCH3 is 1. The summed E-state index contributed by atoms with van der Waals surface area (Å²) in [6.45, 7) is 3.19. The Kier molecular flexibility index (Phi) is 7.12. The molecule has 0 radical (unpaired) electrons. The van der Waals surface area contributed by atoms with Crippen molar-refractivity contribution in [2.45, 2.75) is 12.2 Å². The lowest BCUT2D eigenvalue weighted by Gasteiger charge is -2.31. The van der Waals surface area contributed by atoms with Crippen LogP contribution in [0.25, 0.3) is 0 Å². The number of esters is 1. The highest BCUT2D eigenvalue weighted by atomic mass is 32.2. The van der Waals surface area contributed by atoms with Gasteiger partial charge in [-0.05, 0) is 31.2 Å². The summed E-state index contributed by atoms with van der Waals surface area (Å²) in [5.41, 5.74) is 0.456. The maximum absolute atomic E-state index is 12.3. The average Bonchev–Trinajstić information content (AvgIpc) is 2.66. The average molecular weight is 366 g/mol. The van der Waals surface area contributed by atoms with E-state index in [0.717, 1.165) is 0 Å². The van der Waals surface area contributed by atoms with Crippen LogP contribution in [0.4, 0.5) is 0 Å². The number of carbonyl (C=O) groups excluding carboxylic acids is 3. The molecular formula is C17H22N2O5S. The van der Waals surface area contributed by atoms with E-state index in [9.17, 15) is 14.4 Å². The number of nitrogens with zero attached hydrogens (tertiary/aromatic N) is 1. The summed E-state index contributed by atoms with van der Waals surface area (Å²) in [7, 11) is 1.33. The summed E-state index contributed by atoms with van der Waals surface area (Å²) in [5.74, 6) is 0.481. The Bertz CT molecular complexity index is 620. The molecule has 7 nitrogen and oxygen atoms in total. The second kappa shape index (κ2) is 9.31. The number of rotatable bonds is 6. The van der Waals surface area contributed by atoms with Gasteiger partial charge in [-0.25, -0.2) is 0 Å². The molecular weight excluding hydrogens is 344 g/mol. The van der Waals surface area contributed by atoms with E-state index in [1.54, 1.807) is 29.2 Å². The van der Waals surface area contributed by atoms with Crippen LogP contribution in [-0.4, -0.2) is 67.0 Å². The first-order valence-electron chi connectivity index (χ1n) is 8.03. The zero-order chi connectivity index (χ0) is 18.2. The van der Waals surface area contributed by atoms with Gasteiger partial charge in [-0.2, -0.15) is 0 Å². The second-order valence-corrected chi connectivity index (χ2v) is 6.67. The van der Waals surface area contributed by atoms with Crippen molar-refractivity contribution >= 4 is 29.5 Å². The normalized spacial score (nSPS) is 16.9. The standard InChI is InChI=1S/C17H22N2O5S/c1-3-24-13-6-4-12(5-7-13)16(21)18-10-15(20)19-8-9-25-14(11-19)17(22)23-2/h4-7,14H,3,8-11H2,1-2H3,(H,18,21)/t14-/m0/s1. The quantitative estimate of drug-likeness (QED) is 0.754. The summed E-state index contributed by atoms with van der Waals surface area (Å²) >= 11 is 1.48. The highest BCUT2D eigenvalue weighted by molar-refractivity contribution is 8.00. The van der Waals surface area contributed by atoms with Gasteiger partial charge in [-0.3, -0.25) is 14.4 Å². The Hall–Kier alpha value is -2.22. The number of benzene rings is 1. The summed E-state index contributed by atoms with van der Waals surface area (Å²) in [6.07, 6.45) is 0. The molecule has 1 fully saturated rings. The molecule has 1 atom stereocenters. The van der Waals surface area contributed by atoms with E-state index in [1.807, 2.05) is 6.92 Å². The van der Waals surface area contributed by atoms with E-state index in [2.05, 4.69) is 5.32 Å². The van der Waals surface area contributed by atoms with E-state index >= 15 is 0 Å². The van der Waals surface area contributed by atoms with Crippen molar-refractivity contribution in [1.29, 1.82) is 0 Å². The topological polar surface area (TPSA) is 84.9 Å². The van der Waals surface area contributed by atoms with Crippen LogP contribution in [0.3, 0.4) is 0 Å². The number of hydrogen-bond donors (Lipinski definition) is 1. The predicted octanol–water partition coefficient (Wildman–Crippen LogP) is 0.932. The van der Waals surface area contributed by atoms with Gasteiger partial charge in [0.05, 0.1) is 20.3 Å². The summed E-state index contributed by atoms with van der Waals surface area (Å²) in [5, 5.41) is 2.24. The number of hydrogen-bond acceptors (Lipinski definition) is 6. The number of carbonyl (C=O) groups is 3. The van der Waals surface area contributed by atoms with Crippen molar-refractivity contribution in [3.63, 3.8) is 0 Å². The minimum absolute atomic E-state index is 0.107. The first-order chi connectivity index (χ1) is 12.0. The number of amides is 2. The third-order valence-electron chi connectivity index (χ3n) is 3.71. The Labute approximate surface area is 151 Å². The summed E-state index contributed by atoms with van der Waals surface area (Å²) < 4.78 is 10.0. The van der Waals surface area contributed by atoms with Gasteiger partial charge in [0.15, 0.2) is 0 Å². The van der Waals surface area contributed by atoms with Crippen LogP contribution in [0.15, 0.2) is 24.3 Å². The number of ether oxygens (including phenoxy) is 2. The maximum atomic E-state index is 12.3. The Morgan fingerprint density at radius 2 is 2.00 bits per heavy atom. The Morgan fingerprint density at radius 3 is 2.64 bits per heavy atom. The Balaban J connectivity index is 1.84. The van der Waals surface area contributed by atoms with Gasteiger partial charge >= 0.3 is 5.97 Å². The van der Waals surface area contributed by atoms with Gasteiger partial charge in [0.1, 0.15) is 11.0 Å². The molecule has 136 valence electrons. The van der Waals surface area contributed by atoms with Gasteiger partial charge in [0.2, 0.25) is 5.91 Å². The lowest BCUT2D eigenvalue weighted by Crippen LogP contribution is -2.48. The van der Waals surface area contributed by atoms with Crippen molar-refractivity contribution in [1.82, 2.24) is 10.2 Å². The molecule has 8 heteroatoms. The molecule has 0 bridgehead atoms.